The maximum absolute atomic E-state index is 13.0. The summed E-state index contributed by atoms with van der Waals surface area (Å²) >= 11 is 0. The van der Waals surface area contributed by atoms with Gasteiger partial charge in [-0.25, -0.2) is 13.4 Å². The van der Waals surface area contributed by atoms with E-state index in [0.717, 1.165) is 41.9 Å². The third kappa shape index (κ3) is 4.47. The Kier molecular flexibility index (Phi) is 6.43. The van der Waals surface area contributed by atoms with Gasteiger partial charge < -0.3 is 9.88 Å². The first-order chi connectivity index (χ1) is 15.4. The average molecular weight is 453 g/mol. The van der Waals surface area contributed by atoms with Gasteiger partial charge in [0.15, 0.2) is 0 Å². The van der Waals surface area contributed by atoms with Crippen molar-refractivity contribution in [2.45, 2.75) is 44.6 Å². The van der Waals surface area contributed by atoms with Gasteiger partial charge in [0.2, 0.25) is 10.0 Å². The fourth-order valence-electron chi connectivity index (χ4n) is 4.06. The molecule has 3 aromatic rings. The fourth-order valence-corrected chi connectivity index (χ4v) is 5.60. The van der Waals surface area contributed by atoms with Gasteiger partial charge in [0.1, 0.15) is 5.82 Å². The van der Waals surface area contributed by atoms with Gasteiger partial charge in [0, 0.05) is 37.6 Å². The third-order valence-electron chi connectivity index (χ3n) is 5.92. The molecule has 4 rings (SSSR count). The topological polar surface area (TPSA) is 84.3 Å². The van der Waals surface area contributed by atoms with Crippen LogP contribution in [-0.2, 0) is 16.6 Å². The van der Waals surface area contributed by atoms with Crippen molar-refractivity contribution in [2.75, 3.05) is 13.1 Å². The van der Waals surface area contributed by atoms with Crippen LogP contribution in [0, 0.1) is 13.8 Å². The number of amides is 1. The van der Waals surface area contributed by atoms with Crippen molar-refractivity contribution in [1.82, 2.24) is 19.2 Å². The maximum Gasteiger partial charge on any atom is 0.251 e. The van der Waals surface area contributed by atoms with Crippen LogP contribution < -0.4 is 5.32 Å². The Bertz CT molecular complexity index is 1230. The van der Waals surface area contributed by atoms with E-state index in [0.29, 0.717) is 25.2 Å². The van der Waals surface area contributed by atoms with Crippen molar-refractivity contribution in [3.63, 3.8) is 0 Å². The quantitative estimate of drug-likeness (QED) is 0.619. The predicted octanol–water partition coefficient (Wildman–Crippen LogP) is 3.59. The fraction of sp³-hybridized carbons (Fsp3) is 0.333. The number of hydrogen-bond donors (Lipinski definition) is 1. The van der Waals surface area contributed by atoms with E-state index >= 15 is 0 Å². The molecule has 168 valence electrons. The normalized spacial score (nSPS) is 14.9. The van der Waals surface area contributed by atoms with Crippen LogP contribution in [0.4, 0.5) is 0 Å². The Labute approximate surface area is 189 Å². The lowest BCUT2D eigenvalue weighted by molar-refractivity contribution is 0.0950. The van der Waals surface area contributed by atoms with Crippen molar-refractivity contribution >= 4 is 15.9 Å². The number of nitrogens with one attached hydrogen (secondary N) is 1. The van der Waals surface area contributed by atoms with E-state index in [2.05, 4.69) is 10.3 Å². The molecule has 0 radical (unpaired) electrons. The Morgan fingerprint density at radius 3 is 2.53 bits per heavy atom. The molecule has 0 bridgehead atoms. The second-order valence-corrected chi connectivity index (χ2v) is 10.0. The van der Waals surface area contributed by atoms with Crippen LogP contribution in [0.15, 0.2) is 59.8 Å². The summed E-state index contributed by atoms with van der Waals surface area (Å²) in [4.78, 5) is 17.5. The first kappa shape index (κ1) is 22.2. The number of hydrogen-bond acceptors (Lipinski definition) is 4. The van der Waals surface area contributed by atoms with Crippen LogP contribution in [0.25, 0.3) is 5.69 Å². The molecular weight excluding hydrogens is 424 g/mol. The van der Waals surface area contributed by atoms with Crippen LogP contribution >= 0.6 is 0 Å². The molecule has 1 saturated heterocycles. The minimum Gasteiger partial charge on any atom is -0.348 e. The zero-order chi connectivity index (χ0) is 22.7. The van der Waals surface area contributed by atoms with Crippen molar-refractivity contribution in [3.8, 4) is 5.69 Å². The zero-order valence-corrected chi connectivity index (χ0v) is 19.2. The molecule has 1 N–H and O–H groups in total. The molecule has 1 fully saturated rings. The summed E-state index contributed by atoms with van der Waals surface area (Å²) in [5.41, 5.74) is 3.00. The Morgan fingerprint density at radius 1 is 1.06 bits per heavy atom. The lowest BCUT2D eigenvalue weighted by Gasteiger charge is -2.26. The second-order valence-electron chi connectivity index (χ2n) is 8.10. The van der Waals surface area contributed by atoms with Gasteiger partial charge >= 0.3 is 0 Å². The van der Waals surface area contributed by atoms with E-state index in [9.17, 15) is 13.2 Å². The molecule has 32 heavy (non-hydrogen) atoms. The minimum absolute atomic E-state index is 0.171. The second kappa shape index (κ2) is 9.26. The molecule has 0 unspecified atom stereocenters. The highest BCUT2D eigenvalue weighted by molar-refractivity contribution is 7.89. The van der Waals surface area contributed by atoms with E-state index in [1.165, 1.54) is 10.4 Å². The molecule has 0 saturated carbocycles. The maximum atomic E-state index is 13.0. The highest BCUT2D eigenvalue weighted by Gasteiger charge is 2.27. The molecule has 0 spiro atoms. The zero-order valence-electron chi connectivity index (χ0n) is 18.4. The van der Waals surface area contributed by atoms with Gasteiger partial charge in [-0.2, -0.15) is 4.31 Å². The molecule has 1 amide bonds. The molecule has 1 aliphatic rings. The molecule has 8 heteroatoms. The molecule has 0 atom stereocenters. The Balaban J connectivity index is 1.55. The van der Waals surface area contributed by atoms with Crippen molar-refractivity contribution in [2.24, 2.45) is 0 Å². The average Bonchev–Trinajstić information content (AvgIpc) is 3.24. The molecule has 1 aromatic heterocycles. The van der Waals surface area contributed by atoms with Gasteiger partial charge in [0.05, 0.1) is 10.6 Å². The number of aromatic nitrogens is 2. The third-order valence-corrected chi connectivity index (χ3v) is 7.82. The van der Waals surface area contributed by atoms with Crippen molar-refractivity contribution < 1.29 is 13.2 Å². The summed E-state index contributed by atoms with van der Waals surface area (Å²) in [6.45, 7) is 5.11. The number of piperidine rings is 1. The van der Waals surface area contributed by atoms with Crippen LogP contribution in [0.5, 0.6) is 0 Å². The lowest BCUT2D eigenvalue weighted by Crippen LogP contribution is -2.35. The van der Waals surface area contributed by atoms with E-state index < -0.39 is 10.0 Å². The number of benzene rings is 2. The Hall–Kier alpha value is -2.97. The van der Waals surface area contributed by atoms with Crippen LogP contribution in [0.2, 0.25) is 0 Å². The SMILES string of the molecule is Cc1ccc(S(=O)(=O)N2CCCCC2)cc1C(=O)NCc1ccccc1-n1ccnc1C. The van der Waals surface area contributed by atoms with E-state index in [1.807, 2.05) is 48.9 Å². The first-order valence-corrected chi connectivity index (χ1v) is 12.3. The van der Waals surface area contributed by atoms with E-state index in [1.54, 1.807) is 18.3 Å². The van der Waals surface area contributed by atoms with Crippen LogP contribution in [0.3, 0.4) is 0 Å². The predicted molar refractivity (Wildman–Crippen MR) is 123 cm³/mol. The molecular formula is C24H28N4O3S. The van der Waals surface area contributed by atoms with Gasteiger partial charge in [-0.15, -0.1) is 0 Å². The summed E-state index contributed by atoms with van der Waals surface area (Å²) in [6, 6.07) is 12.6. The number of imidazole rings is 1. The molecule has 1 aliphatic heterocycles. The van der Waals surface area contributed by atoms with Gasteiger partial charge in [-0.1, -0.05) is 30.7 Å². The number of nitrogens with zero attached hydrogens (tertiary/aromatic N) is 3. The summed E-state index contributed by atoms with van der Waals surface area (Å²) < 4.78 is 29.6. The first-order valence-electron chi connectivity index (χ1n) is 10.8. The molecule has 7 nitrogen and oxygen atoms in total. The minimum atomic E-state index is -3.60. The summed E-state index contributed by atoms with van der Waals surface area (Å²) in [6.07, 6.45) is 6.41. The lowest BCUT2D eigenvalue weighted by atomic mass is 10.1. The number of aryl methyl sites for hydroxylation is 2. The smallest absolute Gasteiger partial charge is 0.251 e. The van der Waals surface area contributed by atoms with Crippen molar-refractivity contribution in [3.05, 3.63) is 77.4 Å². The molecule has 2 heterocycles. The molecule has 2 aromatic carbocycles. The monoisotopic (exact) mass is 452 g/mol. The number of rotatable bonds is 6. The summed E-state index contributed by atoms with van der Waals surface area (Å²) in [7, 11) is -3.60. The van der Waals surface area contributed by atoms with Crippen LogP contribution in [-0.4, -0.2) is 41.3 Å². The van der Waals surface area contributed by atoms with E-state index in [4.69, 9.17) is 0 Å². The molecule has 0 aliphatic carbocycles. The highest BCUT2D eigenvalue weighted by Crippen LogP contribution is 2.23. The van der Waals surface area contributed by atoms with Gasteiger partial charge in [-0.05, 0) is 56.0 Å². The van der Waals surface area contributed by atoms with Gasteiger partial charge in [0.25, 0.3) is 5.91 Å². The summed E-state index contributed by atoms with van der Waals surface area (Å²) in [5, 5.41) is 2.95. The highest BCUT2D eigenvalue weighted by atomic mass is 32.2. The van der Waals surface area contributed by atoms with Gasteiger partial charge in [-0.3, -0.25) is 4.79 Å². The Morgan fingerprint density at radius 2 is 1.81 bits per heavy atom. The van der Waals surface area contributed by atoms with Crippen molar-refractivity contribution in [1.29, 1.82) is 0 Å². The summed E-state index contributed by atoms with van der Waals surface area (Å²) in [5.74, 6) is 0.561. The standard InChI is InChI=1S/C24H28N4O3S/c1-18-10-11-21(32(30,31)27-13-6-3-7-14-27)16-22(18)24(29)26-17-20-8-4-5-9-23(20)28-15-12-25-19(28)2/h4-5,8-12,15-16H,3,6-7,13-14,17H2,1-2H3,(H,26,29). The number of sulfonamides is 1. The number of carbonyl (C=O) groups excluding carboxylic acids is 1. The number of carbonyl (C=O) groups is 1. The van der Waals surface area contributed by atoms with E-state index in [-0.39, 0.29) is 10.8 Å². The largest absolute Gasteiger partial charge is 0.348 e. The number of para-hydroxylation sites is 1. The van der Waals surface area contributed by atoms with Crippen LogP contribution in [0.1, 0.15) is 46.6 Å².